The van der Waals surface area contributed by atoms with Crippen LogP contribution in [0.4, 0.5) is 11.6 Å². The van der Waals surface area contributed by atoms with Gasteiger partial charge in [0.25, 0.3) is 15.9 Å². The highest BCUT2D eigenvalue weighted by atomic mass is 32.2. The Morgan fingerprint density at radius 3 is 2.26 bits per heavy atom. The molecule has 1 aliphatic heterocycles. The van der Waals surface area contributed by atoms with Gasteiger partial charge < -0.3 is 10.6 Å². The van der Waals surface area contributed by atoms with Crippen molar-refractivity contribution in [3.8, 4) is 11.3 Å². The van der Waals surface area contributed by atoms with Crippen LogP contribution in [0.2, 0.25) is 0 Å². The quantitative estimate of drug-likeness (QED) is 0.524. The number of nitrogen functional groups attached to an aromatic ring is 1. The van der Waals surface area contributed by atoms with E-state index in [4.69, 9.17) is 10.7 Å². The van der Waals surface area contributed by atoms with E-state index in [1.165, 1.54) is 23.8 Å². The van der Waals surface area contributed by atoms with E-state index in [1.807, 2.05) is 12.1 Å². The van der Waals surface area contributed by atoms with Gasteiger partial charge in [0, 0.05) is 17.6 Å². The van der Waals surface area contributed by atoms with Crippen LogP contribution in [0.15, 0.2) is 59.6 Å². The van der Waals surface area contributed by atoms with E-state index in [9.17, 15) is 13.2 Å². The number of carbonyl (C=O) groups is 1. The monoisotopic (exact) mass is 493 g/mol. The first-order valence-corrected chi connectivity index (χ1v) is 13.2. The summed E-state index contributed by atoms with van der Waals surface area (Å²) in [4.78, 5) is 24.1. The summed E-state index contributed by atoms with van der Waals surface area (Å²) in [6, 6.07) is 16.2. The van der Waals surface area contributed by atoms with Gasteiger partial charge in [-0.05, 0) is 62.4 Å². The summed E-state index contributed by atoms with van der Waals surface area (Å²) in [6.45, 7) is 8.46. The van der Waals surface area contributed by atoms with Gasteiger partial charge in [-0.3, -0.25) is 4.79 Å². The summed E-state index contributed by atoms with van der Waals surface area (Å²) in [7, 11) is -4.21. The topological polar surface area (TPSA) is 118 Å². The number of aromatic nitrogens is 2. The molecule has 0 spiro atoms. The molecule has 4 rings (SSSR count). The molecule has 0 unspecified atom stereocenters. The van der Waals surface area contributed by atoms with Crippen molar-refractivity contribution in [1.82, 2.24) is 14.7 Å². The Labute approximate surface area is 206 Å². The van der Waals surface area contributed by atoms with Crippen LogP contribution in [-0.2, 0) is 10.0 Å². The number of nitrogens with zero attached hydrogens (tertiary/aromatic N) is 3. The van der Waals surface area contributed by atoms with Gasteiger partial charge in [-0.25, -0.2) is 14.7 Å². The van der Waals surface area contributed by atoms with E-state index in [1.54, 1.807) is 12.1 Å². The largest absolute Gasteiger partial charge is 0.384 e. The van der Waals surface area contributed by atoms with Crippen LogP contribution >= 0.6 is 0 Å². The smallest absolute Gasteiger partial charge is 0.281 e. The summed E-state index contributed by atoms with van der Waals surface area (Å²) < 4.78 is 27.8. The fourth-order valence-electron chi connectivity index (χ4n) is 4.44. The Balaban J connectivity index is 1.74. The molecule has 35 heavy (non-hydrogen) atoms. The normalized spacial score (nSPS) is 18.1. The number of hydrogen-bond donors (Lipinski definition) is 2. The van der Waals surface area contributed by atoms with Gasteiger partial charge in [0.15, 0.2) is 5.03 Å². The van der Waals surface area contributed by atoms with Crippen LogP contribution in [0.25, 0.3) is 11.3 Å². The summed E-state index contributed by atoms with van der Waals surface area (Å²) in [6.07, 6.45) is 1.92. The lowest BCUT2D eigenvalue weighted by molar-refractivity contribution is 0.0981. The van der Waals surface area contributed by atoms with Gasteiger partial charge in [-0.2, -0.15) is 8.42 Å². The first-order valence-electron chi connectivity index (χ1n) is 11.8. The number of rotatable bonds is 6. The number of sulfonamides is 1. The second-order valence-electron chi connectivity index (χ2n) is 9.36. The Morgan fingerprint density at radius 2 is 1.66 bits per heavy atom. The summed E-state index contributed by atoms with van der Waals surface area (Å²) in [5.41, 5.74) is 8.70. The van der Waals surface area contributed by atoms with Crippen LogP contribution in [0.3, 0.4) is 0 Å². The number of carbonyl (C=O) groups excluding carboxylic acids is 1. The minimum absolute atomic E-state index is 0.0511. The highest BCUT2D eigenvalue weighted by molar-refractivity contribution is 7.90. The highest BCUT2D eigenvalue weighted by Crippen LogP contribution is 2.33. The molecule has 184 valence electrons. The fraction of sp³-hybridized carbons (Fsp3) is 0.346. The first kappa shape index (κ1) is 24.7. The maximum Gasteiger partial charge on any atom is 0.281 e. The minimum Gasteiger partial charge on any atom is -0.384 e. The fourth-order valence-corrected chi connectivity index (χ4v) is 5.39. The van der Waals surface area contributed by atoms with Crippen LogP contribution in [-0.4, -0.2) is 36.4 Å². The minimum atomic E-state index is -4.21. The first-order chi connectivity index (χ1) is 16.6. The summed E-state index contributed by atoms with van der Waals surface area (Å²) in [5, 5.41) is -0.315. The van der Waals surface area contributed by atoms with Gasteiger partial charge in [-0.1, -0.05) is 44.2 Å². The molecular weight excluding hydrogens is 462 g/mol. The molecule has 3 heterocycles. The maximum atomic E-state index is 13.3. The lowest BCUT2D eigenvalue weighted by atomic mass is 10.0. The number of hydrogen-bond acceptors (Lipinski definition) is 7. The molecule has 1 fully saturated rings. The maximum absolute atomic E-state index is 13.3. The third-order valence-corrected chi connectivity index (χ3v) is 7.67. The zero-order chi connectivity index (χ0) is 25.3. The van der Waals surface area contributed by atoms with E-state index in [-0.39, 0.29) is 28.5 Å². The van der Waals surface area contributed by atoms with Crippen molar-refractivity contribution in [2.75, 3.05) is 10.6 Å². The predicted octanol–water partition coefficient (Wildman–Crippen LogP) is 4.35. The van der Waals surface area contributed by atoms with Crippen molar-refractivity contribution >= 4 is 27.6 Å². The predicted molar refractivity (Wildman–Crippen MR) is 138 cm³/mol. The molecule has 0 bridgehead atoms. The molecule has 2 aromatic heterocycles. The molecule has 1 amide bonds. The van der Waals surface area contributed by atoms with E-state index in [0.717, 1.165) is 24.1 Å². The number of amides is 1. The molecule has 3 N–H and O–H groups in total. The van der Waals surface area contributed by atoms with Crippen molar-refractivity contribution in [3.05, 3.63) is 65.7 Å². The van der Waals surface area contributed by atoms with Gasteiger partial charge >= 0.3 is 0 Å². The van der Waals surface area contributed by atoms with Crippen LogP contribution in [0, 0.1) is 0 Å². The molecule has 1 aromatic carbocycles. The number of pyridine rings is 2. The third-order valence-electron chi connectivity index (χ3n) is 6.44. The molecule has 1 saturated heterocycles. The second kappa shape index (κ2) is 9.65. The van der Waals surface area contributed by atoms with Crippen molar-refractivity contribution in [2.45, 2.75) is 63.6 Å². The van der Waals surface area contributed by atoms with Gasteiger partial charge in [-0.15, -0.1) is 0 Å². The van der Waals surface area contributed by atoms with E-state index >= 15 is 0 Å². The van der Waals surface area contributed by atoms with Gasteiger partial charge in [0.1, 0.15) is 11.6 Å². The molecule has 1 aliphatic rings. The SMILES string of the molecule is CC(C)c1ccc(-c2ccc(C(=O)NS(=O)(=O)c3cccc(N)n3)c(N3[C@H](C)CC[C@@H]3C)n2)cc1. The molecule has 8 nitrogen and oxygen atoms in total. The van der Waals surface area contributed by atoms with Crippen molar-refractivity contribution < 1.29 is 13.2 Å². The zero-order valence-corrected chi connectivity index (χ0v) is 21.2. The average molecular weight is 494 g/mol. The van der Waals surface area contributed by atoms with Crippen molar-refractivity contribution in [2.24, 2.45) is 0 Å². The number of anilines is 2. The Bertz CT molecular complexity index is 1330. The highest BCUT2D eigenvalue weighted by Gasteiger charge is 2.33. The van der Waals surface area contributed by atoms with Crippen molar-refractivity contribution in [3.63, 3.8) is 0 Å². The molecule has 2 atom stereocenters. The lowest BCUT2D eigenvalue weighted by Crippen LogP contribution is -2.37. The van der Waals surface area contributed by atoms with Gasteiger partial charge in [0.05, 0.1) is 11.3 Å². The van der Waals surface area contributed by atoms with Gasteiger partial charge in [0.2, 0.25) is 0 Å². The number of nitrogens with one attached hydrogen (secondary N) is 1. The molecule has 0 saturated carbocycles. The van der Waals surface area contributed by atoms with Crippen molar-refractivity contribution in [1.29, 1.82) is 0 Å². The Hall–Kier alpha value is -3.46. The van der Waals surface area contributed by atoms with E-state index in [0.29, 0.717) is 11.7 Å². The lowest BCUT2D eigenvalue weighted by Gasteiger charge is -2.29. The van der Waals surface area contributed by atoms with Crippen LogP contribution < -0.4 is 15.4 Å². The Kier molecular flexibility index (Phi) is 6.80. The number of nitrogens with two attached hydrogens (primary N) is 1. The molecule has 9 heteroatoms. The number of benzene rings is 1. The summed E-state index contributed by atoms with van der Waals surface area (Å²) in [5.74, 6) is 0.183. The molecule has 0 radical (unpaired) electrons. The average Bonchev–Trinajstić information content (AvgIpc) is 3.16. The zero-order valence-electron chi connectivity index (χ0n) is 20.4. The Morgan fingerprint density at radius 1 is 1.00 bits per heavy atom. The summed E-state index contributed by atoms with van der Waals surface area (Å²) >= 11 is 0. The standard InChI is InChI=1S/C26H31N5O3S/c1-16(2)19-10-12-20(13-11-19)22-15-14-21(25(28-22)31-17(3)8-9-18(31)4)26(32)30-35(33,34)24-7-5-6-23(27)29-24/h5-7,10-18H,8-9H2,1-4H3,(H2,27,29)(H,30,32)/t17-,18+. The van der Waals surface area contributed by atoms with Crippen LogP contribution in [0.1, 0.15) is 62.4 Å². The molecule has 3 aromatic rings. The van der Waals surface area contributed by atoms with Crippen LogP contribution in [0.5, 0.6) is 0 Å². The molecule has 0 aliphatic carbocycles. The third kappa shape index (κ3) is 5.14. The van der Waals surface area contributed by atoms with E-state index < -0.39 is 15.9 Å². The second-order valence-corrected chi connectivity index (χ2v) is 11.0. The molecular formula is C26H31N5O3S. The van der Waals surface area contributed by atoms with E-state index in [2.05, 4.69) is 54.4 Å².